The summed E-state index contributed by atoms with van der Waals surface area (Å²) in [7, 11) is 1.68. The predicted octanol–water partition coefficient (Wildman–Crippen LogP) is 4.80. The Morgan fingerprint density at radius 2 is 1.81 bits per heavy atom. The highest BCUT2D eigenvalue weighted by molar-refractivity contribution is 7.97. The molecule has 0 spiro atoms. The number of benzene rings is 2. The summed E-state index contributed by atoms with van der Waals surface area (Å²) in [5.74, 6) is 3.43. The van der Waals surface area contributed by atoms with Crippen molar-refractivity contribution < 1.29 is 4.74 Å². The molecular weight excluding hydrogens is 376 g/mol. The number of nitrogens with zero attached hydrogens (tertiary/aromatic N) is 4. The van der Waals surface area contributed by atoms with Gasteiger partial charge in [-0.15, -0.1) is 22.0 Å². The van der Waals surface area contributed by atoms with Crippen molar-refractivity contribution in [2.24, 2.45) is 0 Å². The van der Waals surface area contributed by atoms with Crippen molar-refractivity contribution in [3.63, 3.8) is 0 Å². The van der Waals surface area contributed by atoms with Crippen LogP contribution < -0.4 is 4.74 Å². The van der Waals surface area contributed by atoms with Crippen LogP contribution in [-0.2, 0) is 11.5 Å². The number of ether oxygens (including phenoxy) is 1. The molecule has 0 aliphatic heterocycles. The highest BCUT2D eigenvalue weighted by Crippen LogP contribution is 2.23. The Balaban J connectivity index is 1.46. The monoisotopic (exact) mass is 394 g/mol. The molecule has 136 valence electrons. The summed E-state index contributed by atoms with van der Waals surface area (Å²) in [5, 5.41) is 14.0. The Kier molecular flexibility index (Phi) is 5.50. The van der Waals surface area contributed by atoms with Crippen molar-refractivity contribution in [1.82, 2.24) is 19.8 Å². The number of thioether (sulfide) groups is 1. The van der Waals surface area contributed by atoms with Crippen LogP contribution in [0.15, 0.2) is 54.6 Å². The summed E-state index contributed by atoms with van der Waals surface area (Å²) in [5.41, 5.74) is 2.33. The lowest BCUT2D eigenvalue weighted by Crippen LogP contribution is -1.94. The average molecular weight is 395 g/mol. The number of para-hydroxylation sites is 1. The lowest BCUT2D eigenvalue weighted by Gasteiger charge is -2.02. The van der Waals surface area contributed by atoms with E-state index in [1.807, 2.05) is 58.8 Å². The van der Waals surface area contributed by atoms with Crippen LogP contribution in [0, 0.1) is 0 Å². The fourth-order valence-electron chi connectivity index (χ4n) is 2.63. The van der Waals surface area contributed by atoms with Gasteiger partial charge in [0.15, 0.2) is 5.82 Å². The van der Waals surface area contributed by atoms with Gasteiger partial charge in [-0.2, -0.15) is 9.61 Å². The molecule has 0 saturated heterocycles. The minimum atomic E-state index is 0.773. The van der Waals surface area contributed by atoms with Gasteiger partial charge in [0, 0.05) is 11.3 Å². The Labute approximate surface area is 165 Å². The van der Waals surface area contributed by atoms with Crippen LogP contribution in [0.3, 0.4) is 0 Å². The van der Waals surface area contributed by atoms with Gasteiger partial charge in [0.25, 0.3) is 0 Å². The Morgan fingerprint density at radius 1 is 1.00 bits per heavy atom. The second-order valence-corrected chi connectivity index (χ2v) is 7.78. The molecule has 0 radical (unpaired) electrons. The maximum Gasteiger partial charge on any atom is 0.234 e. The molecule has 0 N–H and O–H groups in total. The Hall–Kier alpha value is -2.64. The van der Waals surface area contributed by atoms with Crippen molar-refractivity contribution in [2.45, 2.75) is 11.5 Å². The molecule has 0 bridgehead atoms. The van der Waals surface area contributed by atoms with E-state index in [2.05, 4.69) is 39.6 Å². The maximum atomic E-state index is 5.38. The zero-order valence-corrected chi connectivity index (χ0v) is 16.4. The second-order valence-electron chi connectivity index (χ2n) is 5.80. The fourth-order valence-corrected chi connectivity index (χ4v) is 4.28. The van der Waals surface area contributed by atoms with E-state index in [0.717, 1.165) is 38.6 Å². The summed E-state index contributed by atoms with van der Waals surface area (Å²) in [6, 6.07) is 18.3. The minimum Gasteiger partial charge on any atom is -0.496 e. The highest BCUT2D eigenvalue weighted by atomic mass is 32.2. The van der Waals surface area contributed by atoms with Crippen molar-refractivity contribution in [3.05, 3.63) is 76.6 Å². The van der Waals surface area contributed by atoms with Crippen LogP contribution in [0.4, 0.5) is 0 Å². The van der Waals surface area contributed by atoms with E-state index in [1.165, 1.54) is 16.9 Å². The van der Waals surface area contributed by atoms with Crippen molar-refractivity contribution in [3.8, 4) is 5.75 Å². The zero-order valence-electron chi connectivity index (χ0n) is 14.8. The first-order chi connectivity index (χ1) is 13.3. The molecule has 4 aromatic rings. The minimum absolute atomic E-state index is 0.773. The van der Waals surface area contributed by atoms with Crippen LogP contribution in [0.2, 0.25) is 0 Å². The number of rotatable bonds is 7. The molecule has 4 rings (SSSR count). The summed E-state index contributed by atoms with van der Waals surface area (Å²) >= 11 is 3.33. The highest BCUT2D eigenvalue weighted by Gasteiger charge is 2.10. The lowest BCUT2D eigenvalue weighted by atomic mass is 10.2. The van der Waals surface area contributed by atoms with Gasteiger partial charge in [-0.25, -0.2) is 0 Å². The van der Waals surface area contributed by atoms with E-state index in [1.54, 1.807) is 7.11 Å². The number of hydrogen-bond donors (Lipinski definition) is 0. The molecule has 0 atom stereocenters. The van der Waals surface area contributed by atoms with E-state index < -0.39 is 0 Å². The topological polar surface area (TPSA) is 52.3 Å². The van der Waals surface area contributed by atoms with Crippen LogP contribution in [-0.4, -0.2) is 26.9 Å². The van der Waals surface area contributed by atoms with E-state index in [-0.39, 0.29) is 0 Å². The maximum absolute atomic E-state index is 5.38. The van der Waals surface area contributed by atoms with Crippen molar-refractivity contribution in [2.75, 3.05) is 7.11 Å². The smallest absolute Gasteiger partial charge is 0.234 e. The quantitative estimate of drug-likeness (QED) is 0.451. The molecule has 2 aromatic carbocycles. The Morgan fingerprint density at radius 3 is 2.67 bits per heavy atom. The Bertz CT molecular complexity index is 1060. The fraction of sp³-hybridized carbons (Fsp3) is 0.150. The van der Waals surface area contributed by atoms with E-state index >= 15 is 0 Å². The second kappa shape index (κ2) is 8.37. The first-order valence-corrected chi connectivity index (χ1v) is 10.4. The third-order valence-corrected chi connectivity index (χ3v) is 5.82. The number of methoxy groups -OCH3 is 1. The molecular formula is C20H18N4OS2. The summed E-state index contributed by atoms with van der Waals surface area (Å²) in [4.78, 5) is 0.810. The molecule has 0 aliphatic rings. The lowest BCUT2D eigenvalue weighted by molar-refractivity contribution is 0.414. The normalized spacial score (nSPS) is 11.4. The number of fused-ring (bicyclic) bond motifs is 1. The van der Waals surface area contributed by atoms with E-state index in [9.17, 15) is 0 Å². The van der Waals surface area contributed by atoms with Gasteiger partial charge in [0.05, 0.1) is 12.9 Å². The van der Waals surface area contributed by atoms with Gasteiger partial charge in [0.1, 0.15) is 10.8 Å². The molecule has 5 nitrogen and oxygen atoms in total. The zero-order chi connectivity index (χ0) is 18.5. The van der Waals surface area contributed by atoms with Gasteiger partial charge < -0.3 is 4.74 Å². The average Bonchev–Trinajstić information content (AvgIpc) is 3.28. The van der Waals surface area contributed by atoms with Crippen molar-refractivity contribution >= 4 is 40.2 Å². The molecule has 7 heteroatoms. The molecule has 2 heterocycles. The molecule has 0 fully saturated rings. The molecule has 0 saturated carbocycles. The molecule has 0 aliphatic carbocycles. The largest absolute Gasteiger partial charge is 0.496 e. The van der Waals surface area contributed by atoms with E-state index in [4.69, 9.17) is 4.74 Å². The first-order valence-electron chi connectivity index (χ1n) is 8.47. The molecule has 27 heavy (non-hydrogen) atoms. The SMILES string of the molecule is COc1ccccc1/C=C/c1nn2c(CSCc3ccccc3)nnc2s1. The van der Waals surface area contributed by atoms with Gasteiger partial charge in [-0.1, -0.05) is 59.9 Å². The first kappa shape index (κ1) is 17.8. The summed E-state index contributed by atoms with van der Waals surface area (Å²) in [6.07, 6.45) is 3.99. The number of hydrogen-bond acceptors (Lipinski definition) is 6. The van der Waals surface area contributed by atoms with Gasteiger partial charge >= 0.3 is 0 Å². The van der Waals surface area contributed by atoms with Gasteiger partial charge in [0.2, 0.25) is 4.96 Å². The van der Waals surface area contributed by atoms with Crippen LogP contribution in [0.1, 0.15) is 22.0 Å². The number of aromatic nitrogens is 4. The molecule has 2 aromatic heterocycles. The van der Waals surface area contributed by atoms with Gasteiger partial charge in [-0.3, -0.25) is 0 Å². The van der Waals surface area contributed by atoms with Crippen molar-refractivity contribution in [1.29, 1.82) is 0 Å². The molecule has 0 unspecified atom stereocenters. The third-order valence-electron chi connectivity index (χ3n) is 3.96. The predicted molar refractivity (Wildman–Crippen MR) is 112 cm³/mol. The van der Waals surface area contributed by atoms with Gasteiger partial charge in [-0.05, 0) is 23.8 Å². The van der Waals surface area contributed by atoms with E-state index in [0.29, 0.717) is 0 Å². The van der Waals surface area contributed by atoms with Crippen LogP contribution in [0.25, 0.3) is 17.1 Å². The summed E-state index contributed by atoms with van der Waals surface area (Å²) in [6.45, 7) is 0. The van der Waals surface area contributed by atoms with Crippen LogP contribution >= 0.6 is 23.1 Å². The summed E-state index contributed by atoms with van der Waals surface area (Å²) < 4.78 is 7.22. The standard InChI is InChI=1S/C20H18N4OS2/c1-25-17-10-6-5-9-16(17)11-12-19-23-24-18(21-22-20(24)27-19)14-26-13-15-7-3-2-4-8-15/h2-12H,13-14H2,1H3/b12-11+. The third kappa shape index (κ3) is 4.20. The van der Waals surface area contributed by atoms with Crippen LogP contribution in [0.5, 0.6) is 5.75 Å². The molecule has 0 amide bonds.